The summed E-state index contributed by atoms with van der Waals surface area (Å²) in [7, 11) is 0. The molecule has 0 amide bonds. The van der Waals surface area contributed by atoms with Crippen molar-refractivity contribution in [3.63, 3.8) is 0 Å². The molecule has 0 unspecified atom stereocenters. The Morgan fingerprint density at radius 3 is 1.50 bits per heavy atom. The molecule has 0 aromatic rings. The lowest BCUT2D eigenvalue weighted by Crippen LogP contribution is -2.42. The summed E-state index contributed by atoms with van der Waals surface area (Å²) < 4.78 is 20.4. The van der Waals surface area contributed by atoms with Crippen LogP contribution in [-0.4, -0.2) is 49.6 Å². The van der Waals surface area contributed by atoms with Crippen LogP contribution in [0.4, 0.5) is 0 Å². The van der Waals surface area contributed by atoms with Crippen molar-refractivity contribution in [1.82, 2.24) is 0 Å². The molecule has 2 fully saturated rings. The van der Waals surface area contributed by atoms with Gasteiger partial charge in [-0.15, -0.1) is 0 Å². The quantitative estimate of drug-likeness (QED) is 0.474. The Kier molecular flexibility index (Phi) is 3.11. The number of ether oxygens (including phenoxy) is 4. The molecule has 2 rings (SSSR count). The van der Waals surface area contributed by atoms with E-state index in [4.69, 9.17) is 18.9 Å². The van der Waals surface area contributed by atoms with Gasteiger partial charge in [0.15, 0.2) is 12.2 Å². The monoisotopic (exact) mass is 230 g/mol. The Morgan fingerprint density at radius 1 is 1.00 bits per heavy atom. The smallest absolute Gasteiger partial charge is 0.303 e. The highest BCUT2D eigenvalue weighted by molar-refractivity contribution is 5.67. The molecule has 90 valence electrons. The molecular formula is C10H14O6. The molecule has 6 nitrogen and oxygen atoms in total. The topological polar surface area (TPSA) is 77.7 Å². The van der Waals surface area contributed by atoms with E-state index >= 15 is 0 Å². The molecule has 2 aliphatic heterocycles. The van der Waals surface area contributed by atoms with Gasteiger partial charge in [0.25, 0.3) is 0 Å². The van der Waals surface area contributed by atoms with Gasteiger partial charge in [-0.2, -0.15) is 0 Å². The van der Waals surface area contributed by atoms with Crippen LogP contribution in [0.25, 0.3) is 0 Å². The van der Waals surface area contributed by atoms with E-state index in [0.29, 0.717) is 13.2 Å². The third-order valence-corrected chi connectivity index (χ3v) is 2.38. The van der Waals surface area contributed by atoms with Crippen molar-refractivity contribution in [3.05, 3.63) is 0 Å². The van der Waals surface area contributed by atoms with Crippen molar-refractivity contribution in [2.75, 3.05) is 13.2 Å². The van der Waals surface area contributed by atoms with Gasteiger partial charge < -0.3 is 18.9 Å². The third kappa shape index (κ3) is 2.93. The zero-order valence-corrected chi connectivity index (χ0v) is 9.17. The summed E-state index contributed by atoms with van der Waals surface area (Å²) in [5.74, 6) is -0.836. The van der Waals surface area contributed by atoms with Crippen LogP contribution in [0.1, 0.15) is 13.8 Å². The predicted molar refractivity (Wildman–Crippen MR) is 50.6 cm³/mol. The van der Waals surface area contributed by atoms with Gasteiger partial charge in [-0.05, 0) is 0 Å². The van der Waals surface area contributed by atoms with Crippen molar-refractivity contribution in [3.8, 4) is 0 Å². The van der Waals surface area contributed by atoms with Crippen LogP contribution in [0, 0.1) is 0 Å². The Balaban J connectivity index is 2.01. The highest BCUT2D eigenvalue weighted by Crippen LogP contribution is 2.29. The zero-order chi connectivity index (χ0) is 11.7. The molecule has 2 saturated heterocycles. The van der Waals surface area contributed by atoms with Crippen LogP contribution < -0.4 is 0 Å². The summed E-state index contributed by atoms with van der Waals surface area (Å²) in [6.07, 6.45) is -1.49. The SMILES string of the molecule is CC(=O)O[C@H]([C@H](OC(C)=O)[C@@H]1CO1)[C@@H]1CO1. The summed E-state index contributed by atoms with van der Waals surface area (Å²) >= 11 is 0. The van der Waals surface area contributed by atoms with E-state index in [1.807, 2.05) is 0 Å². The number of carbonyl (C=O) groups is 2. The molecule has 0 aromatic carbocycles. The van der Waals surface area contributed by atoms with Gasteiger partial charge in [0.05, 0.1) is 13.2 Å². The van der Waals surface area contributed by atoms with Crippen LogP contribution in [0.3, 0.4) is 0 Å². The lowest BCUT2D eigenvalue weighted by Gasteiger charge is -2.23. The van der Waals surface area contributed by atoms with Gasteiger partial charge >= 0.3 is 11.9 Å². The Bertz CT molecular complexity index is 264. The molecule has 0 aromatic heterocycles. The van der Waals surface area contributed by atoms with Gasteiger partial charge in [-0.25, -0.2) is 0 Å². The average Bonchev–Trinajstić information content (AvgIpc) is 3.01. The molecule has 0 aliphatic carbocycles. The minimum atomic E-state index is -0.561. The van der Waals surface area contributed by atoms with E-state index in [2.05, 4.69) is 0 Å². The fraction of sp³-hybridized carbons (Fsp3) is 0.800. The van der Waals surface area contributed by atoms with Crippen molar-refractivity contribution in [2.24, 2.45) is 0 Å². The summed E-state index contributed by atoms with van der Waals surface area (Å²) in [6, 6.07) is 0. The van der Waals surface area contributed by atoms with Crippen LogP contribution >= 0.6 is 0 Å². The Morgan fingerprint density at radius 2 is 1.31 bits per heavy atom. The lowest BCUT2D eigenvalue weighted by atomic mass is 10.1. The maximum absolute atomic E-state index is 11.0. The van der Waals surface area contributed by atoms with Crippen LogP contribution in [-0.2, 0) is 28.5 Å². The first kappa shape index (κ1) is 11.3. The molecular weight excluding hydrogens is 216 g/mol. The molecule has 16 heavy (non-hydrogen) atoms. The van der Waals surface area contributed by atoms with E-state index < -0.39 is 24.1 Å². The first-order valence-electron chi connectivity index (χ1n) is 5.15. The normalized spacial score (nSPS) is 30.1. The molecule has 2 heterocycles. The van der Waals surface area contributed by atoms with Gasteiger partial charge in [0.2, 0.25) is 0 Å². The number of hydrogen-bond donors (Lipinski definition) is 0. The zero-order valence-electron chi connectivity index (χ0n) is 9.17. The fourth-order valence-electron chi connectivity index (χ4n) is 1.58. The third-order valence-electron chi connectivity index (χ3n) is 2.38. The second-order valence-corrected chi connectivity index (χ2v) is 3.89. The van der Waals surface area contributed by atoms with Gasteiger partial charge in [-0.3, -0.25) is 9.59 Å². The summed E-state index contributed by atoms with van der Waals surface area (Å²) in [4.78, 5) is 21.9. The van der Waals surface area contributed by atoms with Crippen molar-refractivity contribution in [2.45, 2.75) is 38.3 Å². The van der Waals surface area contributed by atoms with Gasteiger partial charge in [0, 0.05) is 13.8 Å². The fourth-order valence-corrected chi connectivity index (χ4v) is 1.58. The molecule has 0 N–H and O–H groups in total. The largest absolute Gasteiger partial charge is 0.456 e. The Labute approximate surface area is 92.8 Å². The average molecular weight is 230 g/mol. The number of carbonyl (C=O) groups excluding carboxylic acids is 2. The summed E-state index contributed by atoms with van der Waals surface area (Å²) in [5, 5.41) is 0. The van der Waals surface area contributed by atoms with Crippen molar-refractivity contribution in [1.29, 1.82) is 0 Å². The highest BCUT2D eigenvalue weighted by atomic mass is 16.7. The lowest BCUT2D eigenvalue weighted by molar-refractivity contribution is -0.168. The highest BCUT2D eigenvalue weighted by Gasteiger charge is 2.49. The molecule has 0 bridgehead atoms. The van der Waals surface area contributed by atoms with E-state index in [-0.39, 0.29) is 12.2 Å². The van der Waals surface area contributed by atoms with Gasteiger partial charge in [0.1, 0.15) is 12.2 Å². The number of epoxide rings is 2. The second-order valence-electron chi connectivity index (χ2n) is 3.89. The first-order chi connectivity index (χ1) is 7.58. The van der Waals surface area contributed by atoms with E-state index in [1.54, 1.807) is 0 Å². The Hall–Kier alpha value is -1.14. The second kappa shape index (κ2) is 4.39. The van der Waals surface area contributed by atoms with E-state index in [0.717, 1.165) is 0 Å². The number of esters is 2. The minimum Gasteiger partial charge on any atom is -0.456 e. The molecule has 0 radical (unpaired) electrons. The standard InChI is InChI=1S/C10H14O6/c1-5(11)15-9(7-3-13-7)10(8-4-14-8)16-6(2)12/h7-10H,3-4H2,1-2H3/t7-,8-,9-,10+/m0/s1. The molecule has 0 saturated carbocycles. The maximum atomic E-state index is 11.0. The first-order valence-corrected chi connectivity index (χ1v) is 5.15. The van der Waals surface area contributed by atoms with Crippen LogP contribution in [0.15, 0.2) is 0 Å². The molecule has 0 spiro atoms. The van der Waals surface area contributed by atoms with E-state index in [9.17, 15) is 9.59 Å². The molecule has 6 heteroatoms. The van der Waals surface area contributed by atoms with Crippen molar-refractivity contribution >= 4 is 11.9 Å². The van der Waals surface area contributed by atoms with Crippen molar-refractivity contribution < 1.29 is 28.5 Å². The predicted octanol–water partition coefficient (Wildman–Crippen LogP) is -0.353. The maximum Gasteiger partial charge on any atom is 0.303 e. The van der Waals surface area contributed by atoms with E-state index in [1.165, 1.54) is 13.8 Å². The molecule has 4 atom stereocenters. The number of rotatable bonds is 5. The minimum absolute atomic E-state index is 0.183. The molecule has 2 aliphatic rings. The van der Waals surface area contributed by atoms with Gasteiger partial charge in [-0.1, -0.05) is 0 Å². The number of hydrogen-bond acceptors (Lipinski definition) is 6. The summed E-state index contributed by atoms with van der Waals surface area (Å²) in [6.45, 7) is 3.66. The van der Waals surface area contributed by atoms with Crippen LogP contribution in [0.2, 0.25) is 0 Å². The summed E-state index contributed by atoms with van der Waals surface area (Å²) in [5.41, 5.74) is 0. The van der Waals surface area contributed by atoms with Crippen LogP contribution in [0.5, 0.6) is 0 Å².